The Hall–Kier alpha value is -3.39. The zero-order valence-electron chi connectivity index (χ0n) is 15.0. The summed E-state index contributed by atoms with van der Waals surface area (Å²) in [6.07, 6.45) is 1.48. The molecule has 4 rings (SSSR count). The first-order valence-electron chi connectivity index (χ1n) is 8.62. The average Bonchev–Trinajstić information content (AvgIpc) is 3.34. The lowest BCUT2D eigenvalue weighted by Gasteiger charge is -2.12. The predicted molar refractivity (Wildman–Crippen MR) is 108 cm³/mol. The third kappa shape index (κ3) is 3.41. The van der Waals surface area contributed by atoms with E-state index in [0.717, 1.165) is 10.1 Å². The van der Waals surface area contributed by atoms with E-state index in [1.54, 1.807) is 29.6 Å². The zero-order valence-corrected chi connectivity index (χ0v) is 15.9. The minimum Gasteiger partial charge on any atom is -0.467 e. The second-order valence-corrected chi connectivity index (χ2v) is 7.31. The van der Waals surface area contributed by atoms with Gasteiger partial charge in [-0.25, -0.2) is 4.79 Å². The second-order valence-electron chi connectivity index (χ2n) is 6.39. The van der Waals surface area contributed by atoms with Crippen molar-refractivity contribution >= 4 is 33.1 Å². The van der Waals surface area contributed by atoms with Gasteiger partial charge in [0.25, 0.3) is 5.56 Å². The fourth-order valence-corrected chi connectivity index (χ4v) is 3.89. The smallest absolute Gasteiger partial charge is 0.332 e. The Morgan fingerprint density at radius 1 is 1.14 bits per heavy atom. The molecular formula is C20H17N3O4S. The number of carbonyl (C=O) groups is 1. The van der Waals surface area contributed by atoms with E-state index in [2.05, 4.69) is 5.32 Å². The number of hydrogen-bond acceptors (Lipinski definition) is 5. The van der Waals surface area contributed by atoms with Gasteiger partial charge in [0.05, 0.1) is 18.3 Å². The van der Waals surface area contributed by atoms with Gasteiger partial charge in [0.15, 0.2) is 0 Å². The van der Waals surface area contributed by atoms with Crippen molar-refractivity contribution in [3.63, 3.8) is 0 Å². The highest BCUT2D eigenvalue weighted by Crippen LogP contribution is 2.16. The van der Waals surface area contributed by atoms with Crippen LogP contribution in [0.15, 0.2) is 68.1 Å². The number of carbonyl (C=O) groups excluding carboxylic acids is 1. The van der Waals surface area contributed by atoms with Crippen LogP contribution in [0.5, 0.6) is 0 Å². The fraction of sp³-hybridized carbons (Fsp3) is 0.150. The van der Waals surface area contributed by atoms with Crippen LogP contribution < -0.4 is 16.6 Å². The normalized spacial score (nSPS) is 11.0. The van der Waals surface area contributed by atoms with Crippen LogP contribution in [-0.4, -0.2) is 15.0 Å². The molecule has 7 nitrogen and oxygen atoms in total. The van der Waals surface area contributed by atoms with E-state index in [0.29, 0.717) is 21.7 Å². The molecule has 1 amide bonds. The summed E-state index contributed by atoms with van der Waals surface area (Å²) < 4.78 is 8.11. The third-order valence-corrected chi connectivity index (χ3v) is 5.23. The molecule has 0 fully saturated rings. The molecule has 0 saturated carbocycles. The minimum atomic E-state index is -0.549. The SMILES string of the molecule is Cc1cccc(NC(=O)Cn2c(=O)n(Cc3ccco3)c(=O)c3sccc32)c1. The summed E-state index contributed by atoms with van der Waals surface area (Å²) in [6.45, 7) is 1.75. The topological polar surface area (TPSA) is 86.2 Å². The van der Waals surface area contributed by atoms with E-state index >= 15 is 0 Å². The highest BCUT2D eigenvalue weighted by molar-refractivity contribution is 7.17. The lowest BCUT2D eigenvalue weighted by Crippen LogP contribution is -2.41. The van der Waals surface area contributed by atoms with Gasteiger partial charge in [0.1, 0.15) is 17.0 Å². The molecular weight excluding hydrogens is 378 g/mol. The second kappa shape index (κ2) is 7.32. The highest BCUT2D eigenvalue weighted by Gasteiger charge is 2.17. The maximum absolute atomic E-state index is 13.0. The lowest BCUT2D eigenvalue weighted by atomic mass is 10.2. The summed E-state index contributed by atoms with van der Waals surface area (Å²) in [5, 5.41) is 4.53. The van der Waals surface area contributed by atoms with Gasteiger partial charge in [0.2, 0.25) is 5.91 Å². The van der Waals surface area contributed by atoms with Gasteiger partial charge in [-0.15, -0.1) is 11.3 Å². The predicted octanol–water partition coefficient (Wildman–Crippen LogP) is 2.81. The first kappa shape index (κ1) is 18.0. The Kier molecular flexibility index (Phi) is 4.70. The number of rotatable bonds is 5. The standard InChI is InChI=1S/C20H17N3O4S/c1-13-4-2-5-14(10-13)21-17(24)12-22-16-7-9-28-18(16)19(25)23(20(22)26)11-15-6-3-8-27-15/h2-10H,11-12H2,1H3,(H,21,24). The number of amides is 1. The van der Waals surface area contributed by atoms with Crippen molar-refractivity contribution < 1.29 is 9.21 Å². The molecule has 0 unspecified atom stereocenters. The molecule has 1 N–H and O–H groups in total. The van der Waals surface area contributed by atoms with Gasteiger partial charge in [-0.2, -0.15) is 0 Å². The summed E-state index contributed by atoms with van der Waals surface area (Å²) in [4.78, 5) is 38.3. The quantitative estimate of drug-likeness (QED) is 0.563. The number of nitrogens with zero attached hydrogens (tertiary/aromatic N) is 2. The molecule has 8 heteroatoms. The van der Waals surface area contributed by atoms with Gasteiger partial charge >= 0.3 is 5.69 Å². The molecule has 1 aromatic carbocycles. The number of fused-ring (bicyclic) bond motifs is 1. The van der Waals surface area contributed by atoms with Crippen LogP contribution in [0.3, 0.4) is 0 Å². The van der Waals surface area contributed by atoms with Crippen LogP contribution in [-0.2, 0) is 17.9 Å². The first-order valence-corrected chi connectivity index (χ1v) is 9.50. The van der Waals surface area contributed by atoms with E-state index < -0.39 is 5.69 Å². The Labute approximate surface area is 163 Å². The first-order chi connectivity index (χ1) is 13.5. The Bertz CT molecular complexity index is 1260. The maximum Gasteiger partial charge on any atom is 0.332 e. The molecule has 4 aromatic rings. The molecule has 0 aliphatic rings. The number of furan rings is 1. The summed E-state index contributed by atoms with van der Waals surface area (Å²) in [7, 11) is 0. The van der Waals surface area contributed by atoms with Gasteiger partial charge in [-0.3, -0.25) is 18.7 Å². The Morgan fingerprint density at radius 2 is 2.00 bits per heavy atom. The molecule has 0 bridgehead atoms. The van der Waals surface area contributed by atoms with E-state index in [4.69, 9.17) is 4.42 Å². The fourth-order valence-electron chi connectivity index (χ4n) is 3.05. The number of benzene rings is 1. The van der Waals surface area contributed by atoms with Crippen molar-refractivity contribution in [2.45, 2.75) is 20.0 Å². The maximum atomic E-state index is 13.0. The molecule has 0 radical (unpaired) electrons. The van der Waals surface area contributed by atoms with Crippen molar-refractivity contribution in [2.75, 3.05) is 5.32 Å². The van der Waals surface area contributed by atoms with Crippen molar-refractivity contribution in [3.05, 3.63) is 86.3 Å². The number of nitrogens with one attached hydrogen (secondary N) is 1. The Morgan fingerprint density at radius 3 is 2.75 bits per heavy atom. The third-order valence-electron chi connectivity index (χ3n) is 4.33. The van der Waals surface area contributed by atoms with E-state index in [9.17, 15) is 14.4 Å². The van der Waals surface area contributed by atoms with E-state index in [1.807, 2.05) is 25.1 Å². The molecule has 28 heavy (non-hydrogen) atoms. The molecule has 3 aromatic heterocycles. The summed E-state index contributed by atoms with van der Waals surface area (Å²) in [5.41, 5.74) is 1.19. The largest absolute Gasteiger partial charge is 0.467 e. The van der Waals surface area contributed by atoms with Gasteiger partial charge in [-0.1, -0.05) is 12.1 Å². The van der Waals surface area contributed by atoms with Crippen molar-refractivity contribution in [1.82, 2.24) is 9.13 Å². The van der Waals surface area contributed by atoms with Gasteiger partial charge < -0.3 is 9.73 Å². The van der Waals surface area contributed by atoms with Gasteiger partial charge in [-0.05, 0) is 48.2 Å². The van der Waals surface area contributed by atoms with Crippen LogP contribution in [0.1, 0.15) is 11.3 Å². The number of thiophene rings is 1. The highest BCUT2D eigenvalue weighted by atomic mass is 32.1. The van der Waals surface area contributed by atoms with Crippen LogP contribution in [0.25, 0.3) is 10.2 Å². The van der Waals surface area contributed by atoms with Crippen LogP contribution in [0.2, 0.25) is 0 Å². The van der Waals surface area contributed by atoms with Crippen molar-refractivity contribution in [2.24, 2.45) is 0 Å². The molecule has 0 aliphatic heterocycles. The number of aryl methyl sites for hydroxylation is 1. The van der Waals surface area contributed by atoms with E-state index in [1.165, 1.54) is 22.2 Å². The molecule has 0 spiro atoms. The van der Waals surface area contributed by atoms with E-state index in [-0.39, 0.29) is 24.6 Å². The summed E-state index contributed by atoms with van der Waals surface area (Å²) in [6, 6.07) is 12.5. The molecule has 142 valence electrons. The zero-order chi connectivity index (χ0) is 19.7. The number of anilines is 1. The van der Waals surface area contributed by atoms with Gasteiger partial charge in [0, 0.05) is 5.69 Å². The van der Waals surface area contributed by atoms with Crippen molar-refractivity contribution in [3.8, 4) is 0 Å². The molecule has 0 saturated heterocycles. The van der Waals surface area contributed by atoms with Crippen molar-refractivity contribution in [1.29, 1.82) is 0 Å². The number of aromatic nitrogens is 2. The monoisotopic (exact) mass is 395 g/mol. The number of hydrogen-bond donors (Lipinski definition) is 1. The molecule has 3 heterocycles. The Balaban J connectivity index is 1.72. The summed E-state index contributed by atoms with van der Waals surface area (Å²) in [5.74, 6) is 0.147. The van der Waals surface area contributed by atoms with Crippen LogP contribution in [0, 0.1) is 6.92 Å². The summed E-state index contributed by atoms with van der Waals surface area (Å²) >= 11 is 1.24. The lowest BCUT2D eigenvalue weighted by molar-refractivity contribution is -0.116. The minimum absolute atomic E-state index is 0.0119. The van der Waals surface area contributed by atoms with Crippen LogP contribution in [0.4, 0.5) is 5.69 Å². The molecule has 0 atom stereocenters. The van der Waals surface area contributed by atoms with Crippen LogP contribution >= 0.6 is 11.3 Å². The molecule has 0 aliphatic carbocycles. The average molecular weight is 395 g/mol.